The molecule has 2 aliphatic rings. The molecule has 1 saturated carbocycles. The van der Waals surface area contributed by atoms with Gasteiger partial charge in [0.2, 0.25) is 0 Å². The zero-order valence-corrected chi connectivity index (χ0v) is 13.6. The van der Waals surface area contributed by atoms with E-state index in [9.17, 15) is 23.4 Å². The van der Waals surface area contributed by atoms with Crippen LogP contribution in [-0.2, 0) is 14.6 Å². The SMILES string of the molecule is CC1(C)OC[C@H](C(C)(C)S(=O)(=O)C2(CO)CC2)N1C(=O)O. The van der Waals surface area contributed by atoms with Gasteiger partial charge in [-0.15, -0.1) is 0 Å². The number of rotatable bonds is 4. The summed E-state index contributed by atoms with van der Waals surface area (Å²) in [6.07, 6.45) is -0.377. The molecule has 1 saturated heterocycles. The molecule has 2 fully saturated rings. The zero-order chi connectivity index (χ0) is 16.3. The highest BCUT2D eigenvalue weighted by atomic mass is 32.2. The highest BCUT2D eigenvalue weighted by Gasteiger charge is 2.64. The molecule has 2 rings (SSSR count). The number of sulfone groups is 1. The Kier molecular flexibility index (Phi) is 3.59. The van der Waals surface area contributed by atoms with E-state index in [-0.39, 0.29) is 6.61 Å². The molecule has 21 heavy (non-hydrogen) atoms. The Hall–Kier alpha value is -0.860. The summed E-state index contributed by atoms with van der Waals surface area (Å²) in [4.78, 5) is 12.6. The number of amides is 1. The number of carboxylic acid groups (broad SMARTS) is 1. The summed E-state index contributed by atoms with van der Waals surface area (Å²) in [7, 11) is -3.71. The minimum atomic E-state index is -3.71. The molecule has 1 aliphatic carbocycles. The first kappa shape index (κ1) is 16.5. The Labute approximate surface area is 124 Å². The number of carbonyl (C=O) groups is 1. The Morgan fingerprint density at radius 2 is 1.90 bits per heavy atom. The van der Waals surface area contributed by atoms with Crippen molar-refractivity contribution in [3.63, 3.8) is 0 Å². The third-order valence-corrected chi connectivity index (χ3v) is 8.19. The van der Waals surface area contributed by atoms with Crippen molar-refractivity contribution in [1.82, 2.24) is 4.90 Å². The lowest BCUT2D eigenvalue weighted by atomic mass is 10.0. The molecule has 1 aliphatic heterocycles. The van der Waals surface area contributed by atoms with Crippen LogP contribution in [-0.4, -0.2) is 64.1 Å². The van der Waals surface area contributed by atoms with Gasteiger partial charge in [0.1, 0.15) is 5.72 Å². The van der Waals surface area contributed by atoms with E-state index in [0.29, 0.717) is 12.8 Å². The number of aliphatic hydroxyl groups excluding tert-OH is 1. The van der Waals surface area contributed by atoms with Gasteiger partial charge in [-0.05, 0) is 40.5 Å². The first-order chi connectivity index (χ1) is 9.43. The Bertz CT molecular complexity index is 549. The fraction of sp³-hybridized carbons (Fsp3) is 0.923. The van der Waals surface area contributed by atoms with Crippen molar-refractivity contribution in [2.75, 3.05) is 13.2 Å². The maximum absolute atomic E-state index is 12.9. The van der Waals surface area contributed by atoms with E-state index in [4.69, 9.17) is 4.74 Å². The lowest BCUT2D eigenvalue weighted by Crippen LogP contribution is -2.60. The van der Waals surface area contributed by atoms with Crippen LogP contribution in [0.5, 0.6) is 0 Å². The fourth-order valence-corrected chi connectivity index (χ4v) is 5.52. The van der Waals surface area contributed by atoms with E-state index in [1.807, 2.05) is 0 Å². The van der Waals surface area contributed by atoms with Crippen molar-refractivity contribution in [2.45, 2.75) is 61.8 Å². The average Bonchev–Trinajstić information content (AvgIpc) is 3.08. The normalized spacial score (nSPS) is 27.7. The Morgan fingerprint density at radius 3 is 2.29 bits per heavy atom. The second kappa shape index (κ2) is 4.57. The third-order valence-electron chi connectivity index (χ3n) is 4.85. The van der Waals surface area contributed by atoms with Gasteiger partial charge < -0.3 is 14.9 Å². The van der Waals surface area contributed by atoms with Gasteiger partial charge >= 0.3 is 6.09 Å². The lowest BCUT2D eigenvalue weighted by molar-refractivity contribution is -0.0427. The van der Waals surface area contributed by atoms with Gasteiger partial charge in [-0.1, -0.05) is 0 Å². The molecule has 0 unspecified atom stereocenters. The summed E-state index contributed by atoms with van der Waals surface area (Å²) in [6, 6.07) is -0.806. The minimum Gasteiger partial charge on any atom is -0.465 e. The standard InChI is InChI=1S/C13H23NO6S/c1-11(2,21(18,19)13(8-15)5-6-13)9-7-20-12(3,4)14(9)10(16)17/h9,15H,5-8H2,1-4H3,(H,16,17)/t9-/m1/s1. The molecule has 0 aromatic heterocycles. The molecule has 0 bridgehead atoms. The number of aliphatic hydroxyl groups is 1. The van der Waals surface area contributed by atoms with Gasteiger partial charge in [0, 0.05) is 0 Å². The summed E-state index contributed by atoms with van der Waals surface area (Å²) in [5.41, 5.74) is -1.07. The highest BCUT2D eigenvalue weighted by Crippen LogP contribution is 2.50. The molecule has 0 aromatic carbocycles. The van der Waals surface area contributed by atoms with Gasteiger partial charge in [-0.2, -0.15) is 0 Å². The molecule has 1 atom stereocenters. The summed E-state index contributed by atoms with van der Waals surface area (Å²) >= 11 is 0. The van der Waals surface area contributed by atoms with Crippen LogP contribution in [0.3, 0.4) is 0 Å². The lowest BCUT2D eigenvalue weighted by Gasteiger charge is -2.40. The van der Waals surface area contributed by atoms with Gasteiger partial charge in [0.15, 0.2) is 9.84 Å². The predicted molar refractivity (Wildman–Crippen MR) is 75.7 cm³/mol. The number of hydrogen-bond acceptors (Lipinski definition) is 5. The van der Waals surface area contributed by atoms with Crippen LogP contribution in [0.25, 0.3) is 0 Å². The van der Waals surface area contributed by atoms with Crippen molar-refractivity contribution in [1.29, 1.82) is 0 Å². The van der Waals surface area contributed by atoms with E-state index in [2.05, 4.69) is 0 Å². The smallest absolute Gasteiger partial charge is 0.409 e. The quantitative estimate of drug-likeness (QED) is 0.794. The number of hydrogen-bond donors (Lipinski definition) is 2. The van der Waals surface area contributed by atoms with Crippen molar-refractivity contribution in [2.24, 2.45) is 0 Å². The second-order valence-corrected chi connectivity index (χ2v) is 9.80. The van der Waals surface area contributed by atoms with Crippen molar-refractivity contribution in [3.8, 4) is 0 Å². The molecule has 0 spiro atoms. The molecule has 0 aromatic rings. The molecule has 0 radical (unpaired) electrons. The third kappa shape index (κ3) is 2.15. The van der Waals surface area contributed by atoms with E-state index in [1.165, 1.54) is 13.8 Å². The van der Waals surface area contributed by atoms with Gasteiger partial charge in [0.05, 0.1) is 28.7 Å². The van der Waals surface area contributed by atoms with Crippen molar-refractivity contribution >= 4 is 15.9 Å². The van der Waals surface area contributed by atoms with Crippen molar-refractivity contribution in [3.05, 3.63) is 0 Å². The summed E-state index contributed by atoms with van der Waals surface area (Å²) in [5.74, 6) is 0. The monoisotopic (exact) mass is 321 g/mol. The molecular formula is C13H23NO6S. The van der Waals surface area contributed by atoms with Crippen molar-refractivity contribution < 1.29 is 28.2 Å². The Balaban J connectivity index is 2.42. The highest BCUT2D eigenvalue weighted by molar-refractivity contribution is 7.94. The fourth-order valence-electron chi connectivity index (χ4n) is 3.07. The van der Waals surface area contributed by atoms with Crippen LogP contribution in [0.2, 0.25) is 0 Å². The maximum Gasteiger partial charge on any atom is 0.409 e. The molecular weight excluding hydrogens is 298 g/mol. The molecule has 1 amide bonds. The maximum atomic E-state index is 12.9. The second-order valence-electron chi connectivity index (χ2n) is 6.87. The van der Waals surface area contributed by atoms with E-state index >= 15 is 0 Å². The predicted octanol–water partition coefficient (Wildman–Crippen LogP) is 0.820. The summed E-state index contributed by atoms with van der Waals surface area (Å²) < 4.78 is 28.8. The largest absolute Gasteiger partial charge is 0.465 e. The average molecular weight is 321 g/mol. The van der Waals surface area contributed by atoms with Gasteiger partial charge in [0.25, 0.3) is 0 Å². The molecule has 7 nitrogen and oxygen atoms in total. The van der Waals surface area contributed by atoms with Gasteiger partial charge in [-0.3, -0.25) is 4.90 Å². The van der Waals surface area contributed by atoms with Crippen LogP contribution in [0.4, 0.5) is 4.79 Å². The van der Waals surface area contributed by atoms with Crippen LogP contribution in [0.1, 0.15) is 40.5 Å². The molecule has 1 heterocycles. The molecule has 122 valence electrons. The van der Waals surface area contributed by atoms with Crippen LogP contribution in [0, 0.1) is 0 Å². The van der Waals surface area contributed by atoms with Crippen LogP contribution < -0.4 is 0 Å². The van der Waals surface area contributed by atoms with Crippen LogP contribution >= 0.6 is 0 Å². The summed E-state index contributed by atoms with van der Waals surface area (Å²) in [5, 5.41) is 18.9. The first-order valence-electron chi connectivity index (χ1n) is 6.94. The van der Waals surface area contributed by atoms with Gasteiger partial charge in [-0.25, -0.2) is 13.2 Å². The molecule has 2 N–H and O–H groups in total. The molecule has 8 heteroatoms. The first-order valence-corrected chi connectivity index (χ1v) is 8.42. The van der Waals surface area contributed by atoms with E-state index in [0.717, 1.165) is 4.90 Å². The summed E-state index contributed by atoms with van der Waals surface area (Å²) in [6.45, 7) is 5.83. The van der Waals surface area contributed by atoms with E-state index < -0.39 is 43.8 Å². The minimum absolute atomic E-state index is 0.0209. The number of ether oxygens (including phenoxy) is 1. The van der Waals surface area contributed by atoms with E-state index in [1.54, 1.807) is 13.8 Å². The zero-order valence-electron chi connectivity index (χ0n) is 12.8. The topological polar surface area (TPSA) is 104 Å². The Morgan fingerprint density at radius 1 is 1.38 bits per heavy atom. The van der Waals surface area contributed by atoms with Crippen LogP contribution in [0.15, 0.2) is 0 Å². The number of nitrogens with zero attached hydrogens (tertiary/aromatic N) is 1.